The lowest BCUT2D eigenvalue weighted by Crippen LogP contribution is -2.51. The van der Waals surface area contributed by atoms with E-state index in [1.165, 1.54) is 16.7 Å². The molecule has 6 rings (SSSR count). The molecule has 0 radical (unpaired) electrons. The second-order valence-corrected chi connectivity index (χ2v) is 10.4. The number of benzene rings is 1. The van der Waals surface area contributed by atoms with Gasteiger partial charge in [0.05, 0.1) is 0 Å². The van der Waals surface area contributed by atoms with Gasteiger partial charge in [0.1, 0.15) is 5.60 Å². The summed E-state index contributed by atoms with van der Waals surface area (Å²) in [7, 11) is 0. The van der Waals surface area contributed by atoms with Crippen molar-refractivity contribution in [2.75, 3.05) is 6.79 Å². The highest BCUT2D eigenvalue weighted by molar-refractivity contribution is 5.95. The van der Waals surface area contributed by atoms with E-state index in [2.05, 4.69) is 37.0 Å². The molecule has 2 saturated carbocycles. The van der Waals surface area contributed by atoms with Gasteiger partial charge in [0.25, 0.3) is 0 Å². The Bertz CT molecular complexity index is 1140. The SMILES string of the molecule is CC#CC1(O)CCC2C3CCC4=CC(=N)CCC4=C3C(c3ccc4c(c3)OCO4)CC21C. The third-order valence-electron chi connectivity index (χ3n) is 9.05. The first-order valence-electron chi connectivity index (χ1n) is 12.0. The third-order valence-corrected chi connectivity index (χ3v) is 9.05. The summed E-state index contributed by atoms with van der Waals surface area (Å²) in [5.74, 6) is 9.05. The van der Waals surface area contributed by atoms with E-state index in [9.17, 15) is 5.11 Å². The number of aliphatic hydroxyl groups is 1. The molecular weight excluding hydrogens is 398 g/mol. The summed E-state index contributed by atoms with van der Waals surface area (Å²) in [6.45, 7) is 4.41. The van der Waals surface area contributed by atoms with Crippen molar-refractivity contribution in [3.05, 3.63) is 46.6 Å². The number of rotatable bonds is 1. The second-order valence-electron chi connectivity index (χ2n) is 10.4. The first kappa shape index (κ1) is 20.1. The molecule has 1 heterocycles. The van der Waals surface area contributed by atoms with Gasteiger partial charge in [-0.15, -0.1) is 5.92 Å². The van der Waals surface area contributed by atoms with Crippen molar-refractivity contribution in [1.29, 1.82) is 5.41 Å². The quantitative estimate of drug-likeness (QED) is 0.578. The zero-order valence-electron chi connectivity index (χ0n) is 19.0. The van der Waals surface area contributed by atoms with Crippen LogP contribution in [0, 0.1) is 34.5 Å². The van der Waals surface area contributed by atoms with Gasteiger partial charge in [-0.3, -0.25) is 0 Å². The Kier molecular flexibility index (Phi) is 4.40. The van der Waals surface area contributed by atoms with Crippen LogP contribution >= 0.6 is 0 Å². The number of allylic oxidation sites excluding steroid dienone is 4. The molecule has 0 aromatic heterocycles. The van der Waals surface area contributed by atoms with Gasteiger partial charge in [0.2, 0.25) is 6.79 Å². The van der Waals surface area contributed by atoms with Crippen molar-refractivity contribution in [2.45, 2.75) is 70.3 Å². The summed E-state index contributed by atoms with van der Waals surface area (Å²) in [6, 6.07) is 6.38. The van der Waals surface area contributed by atoms with Crippen molar-refractivity contribution >= 4 is 5.71 Å². The van der Waals surface area contributed by atoms with E-state index in [1.807, 2.05) is 13.0 Å². The highest BCUT2D eigenvalue weighted by Gasteiger charge is 2.62. The van der Waals surface area contributed by atoms with Crippen LogP contribution in [0.15, 0.2) is 41.0 Å². The lowest BCUT2D eigenvalue weighted by Gasteiger charge is -2.53. The molecule has 5 unspecified atom stereocenters. The van der Waals surface area contributed by atoms with Crippen LogP contribution < -0.4 is 9.47 Å². The van der Waals surface area contributed by atoms with Crippen LogP contribution in [0.4, 0.5) is 0 Å². The normalized spacial score (nSPS) is 37.2. The van der Waals surface area contributed by atoms with Crippen molar-refractivity contribution in [2.24, 2.45) is 17.3 Å². The van der Waals surface area contributed by atoms with Crippen molar-refractivity contribution in [3.8, 4) is 23.3 Å². The third kappa shape index (κ3) is 2.70. The fourth-order valence-corrected chi connectivity index (χ4v) is 7.53. The van der Waals surface area contributed by atoms with Gasteiger partial charge in [-0.05, 0) is 98.6 Å². The topological polar surface area (TPSA) is 62.5 Å². The molecule has 4 aliphatic carbocycles. The molecule has 0 bridgehead atoms. The maximum absolute atomic E-state index is 11.7. The molecule has 0 amide bonds. The van der Waals surface area contributed by atoms with E-state index in [0.717, 1.165) is 62.2 Å². The zero-order chi connectivity index (χ0) is 22.1. The van der Waals surface area contributed by atoms with Crippen LogP contribution in [0.2, 0.25) is 0 Å². The molecule has 5 atom stereocenters. The molecule has 166 valence electrons. The van der Waals surface area contributed by atoms with Gasteiger partial charge in [0.15, 0.2) is 11.5 Å². The van der Waals surface area contributed by atoms with Gasteiger partial charge in [-0.1, -0.05) is 24.5 Å². The molecule has 4 nitrogen and oxygen atoms in total. The van der Waals surface area contributed by atoms with Gasteiger partial charge >= 0.3 is 0 Å². The Hall–Kier alpha value is -2.51. The van der Waals surface area contributed by atoms with Crippen LogP contribution in [0.25, 0.3) is 0 Å². The van der Waals surface area contributed by atoms with E-state index >= 15 is 0 Å². The minimum absolute atomic E-state index is 0.227. The molecule has 1 aromatic carbocycles. The average molecular weight is 430 g/mol. The van der Waals surface area contributed by atoms with Crippen LogP contribution in [0.1, 0.15) is 70.3 Å². The van der Waals surface area contributed by atoms with Gasteiger partial charge in [0, 0.05) is 17.0 Å². The molecule has 0 spiro atoms. The van der Waals surface area contributed by atoms with E-state index in [1.54, 1.807) is 5.57 Å². The van der Waals surface area contributed by atoms with Crippen molar-refractivity contribution < 1.29 is 14.6 Å². The summed E-state index contributed by atoms with van der Waals surface area (Å²) in [5, 5.41) is 20.0. The molecule has 1 aromatic rings. The number of fused-ring (bicyclic) bond motifs is 5. The fourth-order valence-electron chi connectivity index (χ4n) is 7.53. The molecule has 4 heteroatoms. The molecule has 1 aliphatic heterocycles. The zero-order valence-corrected chi connectivity index (χ0v) is 19.0. The standard InChI is InChI=1S/C28H31NO3/c1-3-11-28(30)12-10-23-21-7-4-17-13-19(29)6-8-20(17)26(21)22(15-27(23,28)2)18-5-9-24-25(14-18)32-16-31-24/h5,9,13-14,21-23,29-30H,4,6-8,10,12,15-16H2,1-2H3. The molecule has 2 N–H and O–H groups in total. The number of hydrogen-bond acceptors (Lipinski definition) is 4. The fraction of sp³-hybridized carbons (Fsp3) is 0.536. The van der Waals surface area contributed by atoms with E-state index in [0.29, 0.717) is 11.8 Å². The predicted octanol–water partition coefficient (Wildman–Crippen LogP) is 5.52. The lowest BCUT2D eigenvalue weighted by molar-refractivity contribution is -0.0513. The highest BCUT2D eigenvalue weighted by atomic mass is 16.7. The molecular formula is C28H31NO3. The Labute approximate surface area is 190 Å². The Morgan fingerprint density at radius 3 is 2.81 bits per heavy atom. The number of ether oxygens (including phenoxy) is 2. The minimum atomic E-state index is -0.929. The summed E-state index contributed by atoms with van der Waals surface area (Å²) in [4.78, 5) is 0. The monoisotopic (exact) mass is 429 g/mol. The van der Waals surface area contributed by atoms with Crippen LogP contribution in [-0.4, -0.2) is 23.2 Å². The lowest BCUT2D eigenvalue weighted by atomic mass is 9.51. The Morgan fingerprint density at radius 1 is 1.12 bits per heavy atom. The van der Waals surface area contributed by atoms with Gasteiger partial charge < -0.3 is 20.0 Å². The average Bonchev–Trinajstić information content (AvgIpc) is 3.35. The summed E-state index contributed by atoms with van der Waals surface area (Å²) < 4.78 is 11.3. The molecule has 5 aliphatic rings. The predicted molar refractivity (Wildman–Crippen MR) is 124 cm³/mol. The highest BCUT2D eigenvalue weighted by Crippen LogP contribution is 2.66. The summed E-state index contributed by atoms with van der Waals surface area (Å²) in [5.41, 5.74) is 5.29. The first-order chi connectivity index (χ1) is 15.4. The molecule has 0 saturated heterocycles. The Morgan fingerprint density at radius 2 is 1.97 bits per heavy atom. The van der Waals surface area contributed by atoms with E-state index in [4.69, 9.17) is 14.9 Å². The van der Waals surface area contributed by atoms with Crippen LogP contribution in [0.5, 0.6) is 11.5 Å². The largest absolute Gasteiger partial charge is 0.454 e. The maximum Gasteiger partial charge on any atom is 0.231 e. The van der Waals surface area contributed by atoms with Gasteiger partial charge in [-0.25, -0.2) is 0 Å². The van der Waals surface area contributed by atoms with Crippen molar-refractivity contribution in [1.82, 2.24) is 0 Å². The van der Waals surface area contributed by atoms with Crippen LogP contribution in [-0.2, 0) is 0 Å². The molecule has 2 fully saturated rings. The summed E-state index contributed by atoms with van der Waals surface area (Å²) in [6.07, 6.45) is 8.76. The Balaban J connectivity index is 1.54. The maximum atomic E-state index is 11.7. The molecule has 32 heavy (non-hydrogen) atoms. The van der Waals surface area contributed by atoms with E-state index in [-0.39, 0.29) is 18.1 Å². The second kappa shape index (κ2) is 6.99. The summed E-state index contributed by atoms with van der Waals surface area (Å²) >= 11 is 0. The van der Waals surface area contributed by atoms with E-state index < -0.39 is 5.60 Å². The number of nitrogens with one attached hydrogen (secondary N) is 1. The minimum Gasteiger partial charge on any atom is -0.454 e. The van der Waals surface area contributed by atoms with Crippen molar-refractivity contribution in [3.63, 3.8) is 0 Å². The van der Waals surface area contributed by atoms with Crippen LogP contribution in [0.3, 0.4) is 0 Å². The first-order valence-corrected chi connectivity index (χ1v) is 12.0. The van der Waals surface area contributed by atoms with Gasteiger partial charge in [-0.2, -0.15) is 0 Å². The smallest absolute Gasteiger partial charge is 0.231 e. The number of hydrogen-bond donors (Lipinski definition) is 2.